The number of para-hydroxylation sites is 1. The molecular formula is C18H21N3O2. The molecule has 120 valence electrons. The molecule has 3 aromatic rings. The van der Waals surface area contributed by atoms with Crippen LogP contribution in [0.1, 0.15) is 56.1 Å². The van der Waals surface area contributed by atoms with Crippen molar-refractivity contribution in [3.63, 3.8) is 0 Å². The van der Waals surface area contributed by atoms with Gasteiger partial charge in [-0.05, 0) is 31.5 Å². The van der Waals surface area contributed by atoms with Crippen molar-refractivity contribution in [3.8, 4) is 0 Å². The first-order valence-electron chi connectivity index (χ1n) is 8.25. The van der Waals surface area contributed by atoms with Crippen LogP contribution in [0.3, 0.4) is 0 Å². The normalized spacial score (nSPS) is 19.2. The molecule has 0 spiro atoms. The SMILES string of the molecule is CC(C)c1noc([C@@H]2CCCN2Cc2cc3ccccc3o2)n1. The Hall–Kier alpha value is -2.14. The maximum Gasteiger partial charge on any atom is 0.244 e. The van der Waals surface area contributed by atoms with Gasteiger partial charge in [0.2, 0.25) is 5.89 Å². The number of hydrogen-bond acceptors (Lipinski definition) is 5. The van der Waals surface area contributed by atoms with Crippen LogP contribution >= 0.6 is 0 Å². The van der Waals surface area contributed by atoms with Crippen molar-refractivity contribution in [1.29, 1.82) is 0 Å². The summed E-state index contributed by atoms with van der Waals surface area (Å²) < 4.78 is 11.5. The van der Waals surface area contributed by atoms with Gasteiger partial charge < -0.3 is 8.94 Å². The number of hydrogen-bond donors (Lipinski definition) is 0. The minimum absolute atomic E-state index is 0.197. The molecule has 1 atom stereocenters. The highest BCUT2D eigenvalue weighted by Crippen LogP contribution is 2.33. The Labute approximate surface area is 135 Å². The van der Waals surface area contributed by atoms with Crippen molar-refractivity contribution in [1.82, 2.24) is 15.0 Å². The third-order valence-corrected chi connectivity index (χ3v) is 4.46. The van der Waals surface area contributed by atoms with E-state index in [-0.39, 0.29) is 12.0 Å². The lowest BCUT2D eigenvalue weighted by molar-refractivity contribution is 0.189. The molecule has 23 heavy (non-hydrogen) atoms. The Morgan fingerprint density at radius 1 is 1.30 bits per heavy atom. The first-order chi connectivity index (χ1) is 11.2. The molecule has 5 nitrogen and oxygen atoms in total. The van der Waals surface area contributed by atoms with Crippen molar-refractivity contribution >= 4 is 11.0 Å². The second-order valence-electron chi connectivity index (χ2n) is 6.52. The fraction of sp³-hybridized carbons (Fsp3) is 0.444. The predicted molar refractivity (Wildman–Crippen MR) is 87.0 cm³/mol. The fourth-order valence-corrected chi connectivity index (χ4v) is 3.23. The third kappa shape index (κ3) is 2.77. The molecule has 0 aliphatic carbocycles. The highest BCUT2D eigenvalue weighted by molar-refractivity contribution is 5.77. The summed E-state index contributed by atoms with van der Waals surface area (Å²) in [6.07, 6.45) is 2.20. The van der Waals surface area contributed by atoms with Gasteiger partial charge in [-0.3, -0.25) is 4.90 Å². The van der Waals surface area contributed by atoms with Crippen LogP contribution in [0.25, 0.3) is 11.0 Å². The molecule has 0 N–H and O–H groups in total. The molecule has 1 aliphatic heterocycles. The summed E-state index contributed by atoms with van der Waals surface area (Å²) in [4.78, 5) is 6.95. The van der Waals surface area contributed by atoms with E-state index in [1.54, 1.807) is 0 Å². The first kappa shape index (κ1) is 14.5. The maximum atomic E-state index is 5.95. The summed E-state index contributed by atoms with van der Waals surface area (Å²) in [6.45, 7) is 5.96. The quantitative estimate of drug-likeness (QED) is 0.720. The van der Waals surface area contributed by atoms with Crippen molar-refractivity contribution in [2.24, 2.45) is 0 Å². The van der Waals surface area contributed by atoms with Crippen LogP contribution in [-0.4, -0.2) is 21.6 Å². The Morgan fingerprint density at radius 3 is 2.96 bits per heavy atom. The van der Waals surface area contributed by atoms with Gasteiger partial charge in [0, 0.05) is 11.3 Å². The molecule has 5 heteroatoms. The lowest BCUT2D eigenvalue weighted by Gasteiger charge is -2.19. The van der Waals surface area contributed by atoms with Gasteiger partial charge in [-0.15, -0.1) is 0 Å². The van der Waals surface area contributed by atoms with Crippen LogP contribution in [0.5, 0.6) is 0 Å². The standard InChI is InChI=1S/C18H21N3O2/c1-12(2)17-19-18(23-20-17)15-7-5-9-21(15)11-14-10-13-6-3-4-8-16(13)22-14/h3-4,6,8,10,12,15H,5,7,9,11H2,1-2H3/t15-/m0/s1. The van der Waals surface area contributed by atoms with E-state index in [4.69, 9.17) is 8.94 Å². The van der Waals surface area contributed by atoms with Crippen molar-refractivity contribution < 1.29 is 8.94 Å². The van der Waals surface area contributed by atoms with Crippen LogP contribution in [0.2, 0.25) is 0 Å². The highest BCUT2D eigenvalue weighted by Gasteiger charge is 2.31. The number of likely N-dealkylation sites (tertiary alicyclic amines) is 1. The molecule has 3 heterocycles. The minimum Gasteiger partial charge on any atom is -0.460 e. The van der Waals surface area contributed by atoms with Crippen LogP contribution < -0.4 is 0 Å². The lowest BCUT2D eigenvalue weighted by atomic mass is 10.2. The second-order valence-corrected chi connectivity index (χ2v) is 6.52. The van der Waals surface area contributed by atoms with Gasteiger partial charge in [0.1, 0.15) is 11.3 Å². The van der Waals surface area contributed by atoms with E-state index < -0.39 is 0 Å². The zero-order valence-electron chi connectivity index (χ0n) is 13.5. The monoisotopic (exact) mass is 311 g/mol. The average Bonchev–Trinajstić information content (AvgIpc) is 3.25. The van der Waals surface area contributed by atoms with Crippen LogP contribution in [0.15, 0.2) is 39.3 Å². The topological polar surface area (TPSA) is 55.3 Å². The molecule has 1 saturated heterocycles. The molecule has 1 aliphatic rings. The predicted octanol–water partition coefficient (Wildman–Crippen LogP) is 4.28. The van der Waals surface area contributed by atoms with Crippen molar-refractivity contribution in [2.45, 2.75) is 45.2 Å². The molecule has 1 aromatic carbocycles. The number of aromatic nitrogens is 2. The molecule has 0 radical (unpaired) electrons. The van der Waals surface area contributed by atoms with E-state index in [1.807, 2.05) is 18.2 Å². The zero-order valence-corrected chi connectivity index (χ0v) is 13.5. The van der Waals surface area contributed by atoms with Gasteiger partial charge in [-0.25, -0.2) is 0 Å². The Morgan fingerprint density at radius 2 is 2.17 bits per heavy atom. The number of benzene rings is 1. The van der Waals surface area contributed by atoms with Gasteiger partial charge in [-0.1, -0.05) is 37.2 Å². The lowest BCUT2D eigenvalue weighted by Crippen LogP contribution is -2.22. The Balaban J connectivity index is 1.55. The largest absolute Gasteiger partial charge is 0.460 e. The second kappa shape index (κ2) is 5.81. The smallest absolute Gasteiger partial charge is 0.244 e. The first-order valence-corrected chi connectivity index (χ1v) is 8.25. The zero-order chi connectivity index (χ0) is 15.8. The molecule has 0 bridgehead atoms. The molecule has 0 unspecified atom stereocenters. The Bertz CT molecular complexity index is 772. The molecule has 2 aromatic heterocycles. The van der Waals surface area contributed by atoms with E-state index >= 15 is 0 Å². The number of nitrogens with zero attached hydrogens (tertiary/aromatic N) is 3. The number of fused-ring (bicyclic) bond motifs is 1. The van der Waals surface area contributed by atoms with E-state index in [0.717, 1.165) is 54.4 Å². The number of rotatable bonds is 4. The van der Waals surface area contributed by atoms with E-state index in [1.165, 1.54) is 0 Å². The summed E-state index contributed by atoms with van der Waals surface area (Å²) in [5.41, 5.74) is 0.943. The van der Waals surface area contributed by atoms with Gasteiger partial charge in [0.15, 0.2) is 5.82 Å². The molecule has 4 rings (SSSR count). The fourth-order valence-electron chi connectivity index (χ4n) is 3.23. The van der Waals surface area contributed by atoms with E-state index in [2.05, 4.69) is 41.0 Å². The van der Waals surface area contributed by atoms with Crippen LogP contribution in [0.4, 0.5) is 0 Å². The molecule has 0 saturated carbocycles. The molecule has 1 fully saturated rings. The average molecular weight is 311 g/mol. The van der Waals surface area contributed by atoms with Crippen molar-refractivity contribution in [3.05, 3.63) is 47.8 Å². The summed E-state index contributed by atoms with van der Waals surface area (Å²) in [5.74, 6) is 2.80. The number of furan rings is 1. The summed E-state index contributed by atoms with van der Waals surface area (Å²) >= 11 is 0. The van der Waals surface area contributed by atoms with E-state index in [9.17, 15) is 0 Å². The van der Waals surface area contributed by atoms with Gasteiger partial charge in [-0.2, -0.15) is 4.98 Å². The van der Waals surface area contributed by atoms with Gasteiger partial charge in [0.05, 0.1) is 12.6 Å². The van der Waals surface area contributed by atoms with Crippen LogP contribution in [-0.2, 0) is 6.54 Å². The minimum atomic E-state index is 0.197. The summed E-state index contributed by atoms with van der Waals surface area (Å²) in [7, 11) is 0. The van der Waals surface area contributed by atoms with Crippen LogP contribution in [0, 0.1) is 0 Å². The van der Waals surface area contributed by atoms with E-state index in [0.29, 0.717) is 0 Å². The maximum absolute atomic E-state index is 5.95. The third-order valence-electron chi connectivity index (χ3n) is 4.46. The molecule has 0 amide bonds. The highest BCUT2D eigenvalue weighted by atomic mass is 16.5. The summed E-state index contributed by atoms with van der Waals surface area (Å²) in [5, 5.41) is 5.25. The summed E-state index contributed by atoms with van der Waals surface area (Å²) in [6, 6.07) is 10.4. The van der Waals surface area contributed by atoms with Crippen molar-refractivity contribution in [2.75, 3.05) is 6.54 Å². The molecular weight excluding hydrogens is 290 g/mol. The van der Waals surface area contributed by atoms with Gasteiger partial charge in [0.25, 0.3) is 0 Å². The Kier molecular flexibility index (Phi) is 3.65. The van der Waals surface area contributed by atoms with Gasteiger partial charge >= 0.3 is 0 Å².